The number of rotatable bonds is 5. The Labute approximate surface area is 145 Å². The number of hydrogen-bond donors (Lipinski definition) is 1. The molecule has 1 aromatic carbocycles. The molecule has 2 aliphatic rings. The quantitative estimate of drug-likeness (QED) is 0.830. The van der Waals surface area contributed by atoms with Crippen LogP contribution in [0.1, 0.15) is 18.9 Å². The third kappa shape index (κ3) is 4.87. The summed E-state index contributed by atoms with van der Waals surface area (Å²) in [6.07, 6.45) is 1.34. The number of piperazine rings is 1. The summed E-state index contributed by atoms with van der Waals surface area (Å²) < 4.78 is 0. The molecule has 0 radical (unpaired) electrons. The average Bonchev–Trinajstić information content (AvgIpc) is 2.97. The van der Waals surface area contributed by atoms with Gasteiger partial charge in [0.05, 0.1) is 0 Å². The Morgan fingerprint density at radius 2 is 2.05 bits per heavy atom. The van der Waals surface area contributed by atoms with Crippen molar-refractivity contribution in [2.24, 2.45) is 0 Å². The topological polar surface area (TPSA) is 18.5 Å². The van der Waals surface area contributed by atoms with Gasteiger partial charge in [0.1, 0.15) is 0 Å². The summed E-state index contributed by atoms with van der Waals surface area (Å²) >= 11 is 1.94. The van der Waals surface area contributed by atoms with Crippen LogP contribution < -0.4 is 5.32 Å². The summed E-state index contributed by atoms with van der Waals surface area (Å²) in [6.45, 7) is 10.6. The van der Waals surface area contributed by atoms with Crippen molar-refractivity contribution in [3.63, 3.8) is 0 Å². The monoisotopic (exact) mass is 341 g/mol. The number of benzene rings is 1. The number of hydrogen-bond acceptors (Lipinski definition) is 4. The zero-order valence-electron chi connectivity index (χ0n) is 13.5. The summed E-state index contributed by atoms with van der Waals surface area (Å²) in [5.41, 5.74) is 1.47. The molecule has 0 aromatic heterocycles. The van der Waals surface area contributed by atoms with Crippen LogP contribution in [0.3, 0.4) is 0 Å². The Balaban J connectivity index is 0.00000176. The number of nitrogens with zero attached hydrogens (tertiary/aromatic N) is 2. The van der Waals surface area contributed by atoms with Gasteiger partial charge in [-0.1, -0.05) is 19.1 Å². The van der Waals surface area contributed by atoms with Crippen molar-refractivity contribution in [3.8, 4) is 0 Å². The molecule has 3 rings (SSSR count). The molecular formula is C17H28ClN3S. The molecule has 124 valence electrons. The first kappa shape index (κ1) is 18.1. The zero-order chi connectivity index (χ0) is 14.5. The van der Waals surface area contributed by atoms with E-state index in [9.17, 15) is 0 Å². The van der Waals surface area contributed by atoms with E-state index in [0.717, 1.165) is 31.4 Å². The molecule has 2 fully saturated rings. The lowest BCUT2D eigenvalue weighted by molar-refractivity contribution is 0.170. The maximum atomic E-state index is 3.45. The van der Waals surface area contributed by atoms with E-state index in [1.165, 1.54) is 43.1 Å². The molecular weight excluding hydrogens is 314 g/mol. The van der Waals surface area contributed by atoms with Crippen LogP contribution in [0.25, 0.3) is 0 Å². The summed E-state index contributed by atoms with van der Waals surface area (Å²) in [6, 6.07) is 9.85. The number of halogens is 1. The third-order valence-corrected chi connectivity index (χ3v) is 5.41. The minimum absolute atomic E-state index is 0. The number of thioether (sulfide) groups is 1. The fourth-order valence-electron chi connectivity index (χ4n) is 3.46. The molecule has 1 atom stereocenters. The largest absolute Gasteiger partial charge is 0.314 e. The van der Waals surface area contributed by atoms with Gasteiger partial charge in [-0.15, -0.1) is 24.2 Å². The van der Waals surface area contributed by atoms with Crippen molar-refractivity contribution in [1.82, 2.24) is 15.1 Å². The van der Waals surface area contributed by atoms with Gasteiger partial charge in [-0.25, -0.2) is 0 Å². The van der Waals surface area contributed by atoms with Crippen LogP contribution in [-0.4, -0.2) is 60.9 Å². The van der Waals surface area contributed by atoms with Crippen LogP contribution in [-0.2, 0) is 6.54 Å². The first-order valence-corrected chi connectivity index (χ1v) is 9.22. The minimum atomic E-state index is 0. The van der Waals surface area contributed by atoms with Gasteiger partial charge in [0.2, 0.25) is 0 Å². The molecule has 0 saturated carbocycles. The Morgan fingerprint density at radius 1 is 1.23 bits per heavy atom. The van der Waals surface area contributed by atoms with Gasteiger partial charge in [0.15, 0.2) is 0 Å². The second kappa shape index (κ2) is 9.14. The molecule has 0 amide bonds. The second-order valence-corrected chi connectivity index (χ2v) is 7.38. The van der Waals surface area contributed by atoms with Gasteiger partial charge in [0.25, 0.3) is 0 Å². The van der Waals surface area contributed by atoms with Crippen molar-refractivity contribution in [3.05, 3.63) is 29.8 Å². The molecule has 3 nitrogen and oxygen atoms in total. The molecule has 0 aliphatic carbocycles. The molecule has 22 heavy (non-hydrogen) atoms. The van der Waals surface area contributed by atoms with E-state index >= 15 is 0 Å². The highest BCUT2D eigenvalue weighted by molar-refractivity contribution is 7.99. The van der Waals surface area contributed by atoms with Crippen molar-refractivity contribution in [2.45, 2.75) is 30.8 Å². The summed E-state index contributed by atoms with van der Waals surface area (Å²) in [7, 11) is 0. The lowest BCUT2D eigenvalue weighted by atomic mass is 10.2. The maximum absolute atomic E-state index is 3.45. The van der Waals surface area contributed by atoms with E-state index in [2.05, 4.69) is 46.3 Å². The van der Waals surface area contributed by atoms with Gasteiger partial charge in [-0.2, -0.15) is 0 Å². The Morgan fingerprint density at radius 3 is 2.82 bits per heavy atom. The van der Waals surface area contributed by atoms with E-state index in [4.69, 9.17) is 0 Å². The van der Waals surface area contributed by atoms with Crippen LogP contribution in [0.5, 0.6) is 0 Å². The fraction of sp³-hybridized carbons (Fsp3) is 0.647. The maximum Gasteiger partial charge on any atom is 0.0236 e. The van der Waals surface area contributed by atoms with Gasteiger partial charge in [0, 0.05) is 56.8 Å². The van der Waals surface area contributed by atoms with Gasteiger partial charge < -0.3 is 5.32 Å². The Hall–Kier alpha value is -0.260. The highest BCUT2D eigenvalue weighted by Crippen LogP contribution is 2.22. The fourth-order valence-corrected chi connectivity index (χ4v) is 4.20. The van der Waals surface area contributed by atoms with E-state index < -0.39 is 0 Å². The van der Waals surface area contributed by atoms with E-state index in [1.807, 2.05) is 11.8 Å². The predicted octanol–water partition coefficient (Wildman–Crippen LogP) is 2.70. The first-order valence-electron chi connectivity index (χ1n) is 8.24. The van der Waals surface area contributed by atoms with E-state index in [1.54, 1.807) is 0 Å². The molecule has 1 N–H and O–H groups in total. The van der Waals surface area contributed by atoms with Crippen molar-refractivity contribution >= 4 is 24.2 Å². The molecule has 0 bridgehead atoms. The third-order valence-electron chi connectivity index (χ3n) is 4.53. The lowest BCUT2D eigenvalue weighted by Crippen LogP contribution is -2.49. The van der Waals surface area contributed by atoms with E-state index in [0.29, 0.717) is 0 Å². The van der Waals surface area contributed by atoms with Crippen LogP contribution in [0.15, 0.2) is 29.2 Å². The van der Waals surface area contributed by atoms with Crippen molar-refractivity contribution in [2.75, 3.05) is 45.0 Å². The molecule has 2 heterocycles. The molecule has 1 aromatic rings. The smallest absolute Gasteiger partial charge is 0.0236 e. The van der Waals surface area contributed by atoms with Gasteiger partial charge in [-0.05, 0) is 29.9 Å². The standard InChI is InChI=1S/C17H27N3S.ClH/c1-2-21-17-5-3-4-15(12-17)13-19-9-6-16(14-19)20-10-7-18-8-11-20;/h3-5,12,16,18H,2,6-11,13-14H2,1H3;1H. The van der Waals surface area contributed by atoms with Crippen LogP contribution >= 0.6 is 24.2 Å². The SMILES string of the molecule is CCSc1cccc(CN2CCC(N3CCNCC3)C2)c1.Cl. The Kier molecular flexibility index (Phi) is 7.51. The highest BCUT2D eigenvalue weighted by Gasteiger charge is 2.28. The highest BCUT2D eigenvalue weighted by atomic mass is 35.5. The van der Waals surface area contributed by atoms with Crippen molar-refractivity contribution < 1.29 is 0 Å². The molecule has 0 spiro atoms. The second-order valence-electron chi connectivity index (χ2n) is 6.04. The molecule has 5 heteroatoms. The Bertz CT molecular complexity index is 451. The first-order chi connectivity index (χ1) is 10.3. The summed E-state index contributed by atoms with van der Waals surface area (Å²) in [4.78, 5) is 6.72. The lowest BCUT2D eigenvalue weighted by Gasteiger charge is -2.32. The van der Waals surface area contributed by atoms with E-state index in [-0.39, 0.29) is 12.4 Å². The molecule has 2 saturated heterocycles. The van der Waals surface area contributed by atoms with Crippen LogP contribution in [0.2, 0.25) is 0 Å². The van der Waals surface area contributed by atoms with Crippen LogP contribution in [0.4, 0.5) is 0 Å². The molecule has 1 unspecified atom stereocenters. The van der Waals surface area contributed by atoms with Crippen molar-refractivity contribution in [1.29, 1.82) is 0 Å². The summed E-state index contributed by atoms with van der Waals surface area (Å²) in [5.74, 6) is 1.15. The normalized spacial score (nSPS) is 23.4. The number of likely N-dealkylation sites (tertiary alicyclic amines) is 1. The predicted molar refractivity (Wildman–Crippen MR) is 98.2 cm³/mol. The average molecular weight is 342 g/mol. The van der Waals surface area contributed by atoms with Gasteiger partial charge in [-0.3, -0.25) is 9.80 Å². The number of nitrogens with one attached hydrogen (secondary N) is 1. The minimum Gasteiger partial charge on any atom is -0.314 e. The molecule has 2 aliphatic heterocycles. The summed E-state index contributed by atoms with van der Waals surface area (Å²) in [5, 5.41) is 3.45. The zero-order valence-corrected chi connectivity index (χ0v) is 15.1. The van der Waals surface area contributed by atoms with Gasteiger partial charge >= 0.3 is 0 Å². The van der Waals surface area contributed by atoms with Crippen LogP contribution in [0, 0.1) is 0 Å².